The zero-order chi connectivity index (χ0) is 16.1. The second-order valence-corrected chi connectivity index (χ2v) is 5.90. The van der Waals surface area contributed by atoms with E-state index < -0.39 is 0 Å². The molecule has 0 heterocycles. The molecule has 2 rings (SSSR count). The summed E-state index contributed by atoms with van der Waals surface area (Å²) in [6.07, 6.45) is 0. The van der Waals surface area contributed by atoms with Crippen LogP contribution in [0.25, 0.3) is 0 Å². The molecule has 0 aliphatic rings. The van der Waals surface area contributed by atoms with Gasteiger partial charge in [0.15, 0.2) is 5.11 Å². The second-order valence-electron chi connectivity index (χ2n) is 4.73. The summed E-state index contributed by atoms with van der Waals surface area (Å²) in [4.78, 5) is 1.90. The third-order valence-electron chi connectivity index (χ3n) is 3.13. The lowest BCUT2D eigenvalue weighted by atomic mass is 10.2. The number of nitrogens with one attached hydrogen (secondary N) is 1. The number of thiocarbonyl (C=S) groups is 1. The monoisotopic (exact) mass is 354 g/mol. The maximum Gasteiger partial charge on any atom is 0.173 e. The molecule has 3 nitrogen and oxygen atoms in total. The molecule has 0 amide bonds. The van der Waals surface area contributed by atoms with Gasteiger partial charge in [-0.05, 0) is 48.1 Å². The van der Waals surface area contributed by atoms with Gasteiger partial charge in [-0.15, -0.1) is 0 Å². The Balaban J connectivity index is 2.01. The Morgan fingerprint density at radius 1 is 1.18 bits per heavy atom. The molecular weight excluding hydrogens is 339 g/mol. The van der Waals surface area contributed by atoms with Gasteiger partial charge in [0.1, 0.15) is 5.75 Å². The maximum absolute atomic E-state index is 6.20. The fraction of sp³-hybridized carbons (Fsp3) is 0.188. The van der Waals surface area contributed by atoms with E-state index in [0.717, 1.165) is 17.0 Å². The second kappa shape index (κ2) is 7.68. The van der Waals surface area contributed by atoms with Crippen LogP contribution in [-0.2, 0) is 6.54 Å². The average Bonchev–Trinajstić information content (AvgIpc) is 2.52. The Kier molecular flexibility index (Phi) is 5.89. The van der Waals surface area contributed by atoms with E-state index in [9.17, 15) is 0 Å². The Morgan fingerprint density at radius 2 is 1.86 bits per heavy atom. The van der Waals surface area contributed by atoms with E-state index in [1.165, 1.54) is 0 Å². The van der Waals surface area contributed by atoms with Crippen LogP contribution in [0.1, 0.15) is 5.56 Å². The fourth-order valence-corrected chi connectivity index (χ4v) is 2.45. The highest BCUT2D eigenvalue weighted by Gasteiger charge is 2.10. The Bertz CT molecular complexity index is 662. The SMILES string of the molecule is COc1ccc(NC(=S)N(C)Cc2cccc(Cl)c2Cl)cc1. The van der Waals surface area contributed by atoms with Crippen LogP contribution in [0.2, 0.25) is 10.0 Å². The minimum atomic E-state index is 0.543. The minimum absolute atomic E-state index is 0.543. The molecule has 0 bridgehead atoms. The van der Waals surface area contributed by atoms with Crippen LogP contribution in [0.15, 0.2) is 42.5 Å². The van der Waals surface area contributed by atoms with Crippen LogP contribution in [0.4, 0.5) is 5.69 Å². The van der Waals surface area contributed by atoms with Gasteiger partial charge in [-0.2, -0.15) is 0 Å². The van der Waals surface area contributed by atoms with Crippen LogP contribution < -0.4 is 10.1 Å². The highest BCUT2D eigenvalue weighted by molar-refractivity contribution is 7.80. The molecule has 22 heavy (non-hydrogen) atoms. The summed E-state index contributed by atoms with van der Waals surface area (Å²) in [5, 5.41) is 4.87. The quantitative estimate of drug-likeness (QED) is 0.794. The molecule has 0 radical (unpaired) electrons. The molecule has 6 heteroatoms. The van der Waals surface area contributed by atoms with Crippen LogP contribution in [0.5, 0.6) is 5.75 Å². The number of hydrogen-bond donors (Lipinski definition) is 1. The van der Waals surface area contributed by atoms with Gasteiger partial charge in [0.05, 0.1) is 17.2 Å². The fourth-order valence-electron chi connectivity index (χ4n) is 1.89. The van der Waals surface area contributed by atoms with Gasteiger partial charge in [0.25, 0.3) is 0 Å². The average molecular weight is 355 g/mol. The molecular formula is C16H16Cl2N2OS. The van der Waals surface area contributed by atoms with Crippen molar-refractivity contribution in [3.8, 4) is 5.75 Å². The van der Waals surface area contributed by atoms with Crippen molar-refractivity contribution >= 4 is 46.2 Å². The summed E-state index contributed by atoms with van der Waals surface area (Å²) in [5.74, 6) is 0.801. The summed E-state index contributed by atoms with van der Waals surface area (Å²) >= 11 is 17.6. The Morgan fingerprint density at radius 3 is 2.50 bits per heavy atom. The maximum atomic E-state index is 6.20. The van der Waals surface area contributed by atoms with Crippen molar-refractivity contribution in [2.75, 3.05) is 19.5 Å². The van der Waals surface area contributed by atoms with Crippen molar-refractivity contribution in [2.45, 2.75) is 6.54 Å². The zero-order valence-electron chi connectivity index (χ0n) is 12.3. The number of nitrogens with zero attached hydrogens (tertiary/aromatic N) is 1. The number of rotatable bonds is 4. The summed E-state index contributed by atoms with van der Waals surface area (Å²) in [7, 11) is 3.53. The number of halogens is 2. The Hall–Kier alpha value is -1.49. The van der Waals surface area contributed by atoms with Crippen LogP contribution >= 0.6 is 35.4 Å². The smallest absolute Gasteiger partial charge is 0.173 e. The number of anilines is 1. The van der Waals surface area contributed by atoms with E-state index in [1.54, 1.807) is 13.2 Å². The molecule has 0 atom stereocenters. The van der Waals surface area contributed by atoms with E-state index in [1.807, 2.05) is 48.3 Å². The van der Waals surface area contributed by atoms with Crippen molar-refractivity contribution in [1.82, 2.24) is 4.90 Å². The first-order valence-corrected chi connectivity index (χ1v) is 7.76. The molecule has 2 aromatic carbocycles. The summed E-state index contributed by atoms with van der Waals surface area (Å²) in [6.45, 7) is 0.571. The third-order valence-corrected chi connectivity index (χ3v) is 4.40. The van der Waals surface area contributed by atoms with Crippen molar-refractivity contribution < 1.29 is 4.74 Å². The van der Waals surface area contributed by atoms with Gasteiger partial charge in [-0.1, -0.05) is 35.3 Å². The van der Waals surface area contributed by atoms with E-state index in [4.69, 9.17) is 40.2 Å². The molecule has 0 unspecified atom stereocenters. The first kappa shape index (κ1) is 16.9. The number of methoxy groups -OCH3 is 1. The zero-order valence-corrected chi connectivity index (χ0v) is 14.6. The summed E-state index contributed by atoms with van der Waals surface area (Å²) in [6, 6.07) is 13.1. The van der Waals surface area contributed by atoms with Gasteiger partial charge in [-0.3, -0.25) is 0 Å². The van der Waals surface area contributed by atoms with Gasteiger partial charge < -0.3 is 15.0 Å². The first-order chi connectivity index (χ1) is 10.5. The number of hydrogen-bond acceptors (Lipinski definition) is 2. The molecule has 0 spiro atoms. The van der Waals surface area contributed by atoms with Gasteiger partial charge in [0.2, 0.25) is 0 Å². The lowest BCUT2D eigenvalue weighted by Gasteiger charge is -2.22. The van der Waals surface area contributed by atoms with Crippen molar-refractivity contribution in [3.63, 3.8) is 0 Å². The van der Waals surface area contributed by atoms with Crippen LogP contribution in [0, 0.1) is 0 Å². The Labute approximate surface area is 145 Å². The third kappa shape index (κ3) is 4.26. The van der Waals surface area contributed by atoms with Crippen molar-refractivity contribution in [2.24, 2.45) is 0 Å². The molecule has 116 valence electrons. The molecule has 0 fully saturated rings. The molecule has 0 saturated carbocycles. The number of ether oxygens (including phenoxy) is 1. The molecule has 0 aromatic heterocycles. The predicted octanol–water partition coefficient (Wildman–Crippen LogP) is 4.83. The van der Waals surface area contributed by atoms with Crippen LogP contribution in [-0.4, -0.2) is 24.2 Å². The highest BCUT2D eigenvalue weighted by Crippen LogP contribution is 2.26. The minimum Gasteiger partial charge on any atom is -0.497 e. The molecule has 0 saturated heterocycles. The predicted molar refractivity (Wildman–Crippen MR) is 97.1 cm³/mol. The normalized spacial score (nSPS) is 10.2. The van der Waals surface area contributed by atoms with E-state index in [0.29, 0.717) is 21.7 Å². The van der Waals surface area contributed by atoms with Crippen molar-refractivity contribution in [1.29, 1.82) is 0 Å². The van der Waals surface area contributed by atoms with E-state index in [-0.39, 0.29) is 0 Å². The summed E-state index contributed by atoms with van der Waals surface area (Å²) in [5.41, 5.74) is 1.82. The molecule has 2 aromatic rings. The first-order valence-electron chi connectivity index (χ1n) is 6.60. The van der Waals surface area contributed by atoms with Crippen molar-refractivity contribution in [3.05, 3.63) is 58.1 Å². The standard InChI is InChI=1S/C16H16Cl2N2OS/c1-20(10-11-4-3-5-14(17)15(11)18)16(22)19-12-6-8-13(21-2)9-7-12/h3-9H,10H2,1-2H3,(H,19,22). The lowest BCUT2D eigenvalue weighted by Crippen LogP contribution is -2.30. The molecule has 0 aliphatic carbocycles. The largest absolute Gasteiger partial charge is 0.497 e. The van der Waals surface area contributed by atoms with Crippen LogP contribution in [0.3, 0.4) is 0 Å². The topological polar surface area (TPSA) is 24.5 Å². The molecule has 1 N–H and O–H groups in total. The highest BCUT2D eigenvalue weighted by atomic mass is 35.5. The van der Waals surface area contributed by atoms with Gasteiger partial charge in [0, 0.05) is 19.3 Å². The van der Waals surface area contributed by atoms with E-state index in [2.05, 4.69) is 5.32 Å². The molecule has 0 aliphatic heterocycles. The van der Waals surface area contributed by atoms with Gasteiger partial charge in [-0.25, -0.2) is 0 Å². The number of benzene rings is 2. The van der Waals surface area contributed by atoms with Gasteiger partial charge >= 0.3 is 0 Å². The van der Waals surface area contributed by atoms with E-state index >= 15 is 0 Å². The lowest BCUT2D eigenvalue weighted by molar-refractivity contribution is 0.415. The summed E-state index contributed by atoms with van der Waals surface area (Å²) < 4.78 is 5.13.